The van der Waals surface area contributed by atoms with Gasteiger partial charge in [-0.3, -0.25) is 14.5 Å². The first-order valence-electron chi connectivity index (χ1n) is 9.69. The van der Waals surface area contributed by atoms with Crippen LogP contribution in [0.1, 0.15) is 17.8 Å². The van der Waals surface area contributed by atoms with Crippen LogP contribution in [0.4, 0.5) is 11.4 Å². The summed E-state index contributed by atoms with van der Waals surface area (Å²) in [7, 11) is 0. The number of aryl methyl sites for hydroxylation is 3. The number of nitrogens with one attached hydrogen (secondary N) is 1. The van der Waals surface area contributed by atoms with Crippen LogP contribution in [0.3, 0.4) is 0 Å². The van der Waals surface area contributed by atoms with Crippen LogP contribution < -0.4 is 11.1 Å². The van der Waals surface area contributed by atoms with Gasteiger partial charge in [-0.05, 0) is 41.3 Å². The summed E-state index contributed by atoms with van der Waals surface area (Å²) in [4.78, 5) is 17.9. The van der Waals surface area contributed by atoms with E-state index >= 15 is 0 Å². The van der Waals surface area contributed by atoms with Crippen molar-refractivity contribution in [3.8, 4) is 10.4 Å². The zero-order chi connectivity index (χ0) is 20.8. The average molecular weight is 419 g/mol. The van der Waals surface area contributed by atoms with E-state index in [0.29, 0.717) is 30.8 Å². The number of pyridine rings is 1. The van der Waals surface area contributed by atoms with Crippen LogP contribution in [0.5, 0.6) is 0 Å². The minimum Gasteiger partial charge on any atom is -0.397 e. The first-order valence-corrected chi connectivity index (χ1v) is 10.6. The minimum atomic E-state index is -0.104. The second-order valence-electron chi connectivity index (χ2n) is 6.87. The summed E-state index contributed by atoms with van der Waals surface area (Å²) in [5.74, 6) is -0.104. The Kier molecular flexibility index (Phi) is 6.14. The molecule has 0 aliphatic carbocycles. The molecule has 1 aromatic carbocycles. The van der Waals surface area contributed by atoms with Crippen molar-refractivity contribution in [1.82, 2.24) is 20.0 Å². The number of rotatable bonds is 8. The second kappa shape index (κ2) is 9.32. The van der Waals surface area contributed by atoms with Crippen molar-refractivity contribution in [1.29, 1.82) is 0 Å². The Hall–Kier alpha value is -3.52. The molecule has 0 spiro atoms. The zero-order valence-electron chi connectivity index (χ0n) is 16.4. The average Bonchev–Trinajstić information content (AvgIpc) is 3.45. The number of carbonyl (C=O) groups is 1. The van der Waals surface area contributed by atoms with Gasteiger partial charge in [0.15, 0.2) is 0 Å². The molecule has 152 valence electrons. The molecule has 3 heterocycles. The maximum Gasteiger partial charge on any atom is 0.224 e. The van der Waals surface area contributed by atoms with E-state index in [0.717, 1.165) is 28.2 Å². The Morgan fingerprint density at radius 1 is 1.10 bits per heavy atom. The van der Waals surface area contributed by atoms with Gasteiger partial charge >= 0.3 is 0 Å². The third-order valence-corrected chi connectivity index (χ3v) is 5.57. The van der Waals surface area contributed by atoms with E-state index in [9.17, 15) is 4.79 Å². The van der Waals surface area contributed by atoms with Crippen molar-refractivity contribution in [2.75, 3.05) is 11.1 Å². The lowest BCUT2D eigenvalue weighted by Gasteiger charge is -2.09. The number of thiophene rings is 1. The number of benzene rings is 1. The standard InChI is InChI=1S/C22H22N6OS/c23-19-8-6-16(21-5-3-13-30-21)14-20(19)25-22(29)9-7-18-15-28(27-26-18)12-10-17-4-1-2-11-24-17/h1-6,8,11,13-15H,7,9-10,12,23H2,(H,25,29). The highest BCUT2D eigenvalue weighted by atomic mass is 32.1. The lowest BCUT2D eigenvalue weighted by atomic mass is 10.1. The van der Waals surface area contributed by atoms with E-state index in [1.807, 2.05) is 60.1 Å². The van der Waals surface area contributed by atoms with Crippen molar-refractivity contribution in [2.45, 2.75) is 25.8 Å². The molecule has 3 N–H and O–H groups in total. The monoisotopic (exact) mass is 418 g/mol. The fourth-order valence-corrected chi connectivity index (χ4v) is 3.78. The van der Waals surface area contributed by atoms with Crippen LogP contribution in [0.2, 0.25) is 0 Å². The molecule has 0 radical (unpaired) electrons. The number of anilines is 2. The first-order chi connectivity index (χ1) is 14.7. The molecule has 0 atom stereocenters. The van der Waals surface area contributed by atoms with E-state index < -0.39 is 0 Å². The molecular formula is C22H22N6OS. The molecule has 0 aliphatic rings. The number of aromatic nitrogens is 4. The van der Waals surface area contributed by atoms with Crippen LogP contribution >= 0.6 is 11.3 Å². The first kappa shape index (κ1) is 19.8. The lowest BCUT2D eigenvalue weighted by molar-refractivity contribution is -0.116. The van der Waals surface area contributed by atoms with Gasteiger partial charge in [-0.25, -0.2) is 0 Å². The van der Waals surface area contributed by atoms with Crippen LogP contribution in [0.25, 0.3) is 10.4 Å². The van der Waals surface area contributed by atoms with Gasteiger partial charge in [0, 0.05) is 48.8 Å². The number of amides is 1. The number of hydrogen-bond acceptors (Lipinski definition) is 6. The Bertz CT molecular complexity index is 1110. The molecular weight excluding hydrogens is 396 g/mol. The molecule has 0 saturated heterocycles. The number of hydrogen-bond donors (Lipinski definition) is 2. The molecule has 3 aromatic heterocycles. The van der Waals surface area contributed by atoms with Crippen LogP contribution in [-0.2, 0) is 24.2 Å². The minimum absolute atomic E-state index is 0.104. The molecule has 0 bridgehead atoms. The molecule has 0 fully saturated rings. The van der Waals surface area contributed by atoms with Crippen LogP contribution in [-0.4, -0.2) is 25.9 Å². The Balaban J connectivity index is 1.30. The second-order valence-corrected chi connectivity index (χ2v) is 7.82. The summed E-state index contributed by atoms with van der Waals surface area (Å²) in [6.07, 6.45) is 5.26. The predicted octanol–water partition coefficient (Wildman–Crippen LogP) is 3.80. The summed E-state index contributed by atoms with van der Waals surface area (Å²) in [5, 5.41) is 13.2. The molecule has 4 aromatic rings. The molecule has 8 heteroatoms. The fourth-order valence-electron chi connectivity index (χ4n) is 3.05. The van der Waals surface area contributed by atoms with Gasteiger partial charge in [0.05, 0.1) is 17.1 Å². The van der Waals surface area contributed by atoms with E-state index in [-0.39, 0.29) is 5.91 Å². The van der Waals surface area contributed by atoms with Crippen molar-refractivity contribution in [3.05, 3.63) is 77.7 Å². The molecule has 30 heavy (non-hydrogen) atoms. The third kappa shape index (κ3) is 5.09. The third-order valence-electron chi connectivity index (χ3n) is 4.65. The van der Waals surface area contributed by atoms with Gasteiger partial charge in [0.25, 0.3) is 0 Å². The summed E-state index contributed by atoms with van der Waals surface area (Å²) < 4.78 is 1.78. The summed E-state index contributed by atoms with van der Waals surface area (Å²) in [6, 6.07) is 15.6. The van der Waals surface area contributed by atoms with Gasteiger partial charge < -0.3 is 11.1 Å². The van der Waals surface area contributed by atoms with Gasteiger partial charge in [-0.1, -0.05) is 23.4 Å². The largest absolute Gasteiger partial charge is 0.397 e. The SMILES string of the molecule is Nc1ccc(-c2cccs2)cc1NC(=O)CCc1cn(CCc2ccccn2)nn1. The van der Waals surface area contributed by atoms with Gasteiger partial charge in [-0.15, -0.1) is 16.4 Å². The Labute approximate surface area is 178 Å². The van der Waals surface area contributed by atoms with Crippen molar-refractivity contribution >= 4 is 28.6 Å². The lowest BCUT2D eigenvalue weighted by Crippen LogP contribution is -2.13. The van der Waals surface area contributed by atoms with Crippen molar-refractivity contribution in [2.24, 2.45) is 0 Å². The van der Waals surface area contributed by atoms with E-state index in [4.69, 9.17) is 5.73 Å². The van der Waals surface area contributed by atoms with Crippen molar-refractivity contribution < 1.29 is 4.79 Å². The van der Waals surface area contributed by atoms with E-state index in [1.165, 1.54) is 0 Å². The fraction of sp³-hybridized carbons (Fsp3) is 0.182. The highest BCUT2D eigenvalue weighted by Gasteiger charge is 2.10. The summed E-state index contributed by atoms with van der Waals surface area (Å²) in [6.45, 7) is 0.697. The topological polar surface area (TPSA) is 98.7 Å². The highest BCUT2D eigenvalue weighted by Crippen LogP contribution is 2.30. The predicted molar refractivity (Wildman–Crippen MR) is 119 cm³/mol. The van der Waals surface area contributed by atoms with Gasteiger partial charge in [0.2, 0.25) is 5.91 Å². The maximum absolute atomic E-state index is 12.4. The smallest absolute Gasteiger partial charge is 0.224 e. The Morgan fingerprint density at radius 2 is 2.03 bits per heavy atom. The molecule has 1 amide bonds. The zero-order valence-corrected chi connectivity index (χ0v) is 17.2. The summed E-state index contributed by atoms with van der Waals surface area (Å²) >= 11 is 1.65. The van der Waals surface area contributed by atoms with Gasteiger partial charge in [-0.2, -0.15) is 0 Å². The normalized spacial score (nSPS) is 10.8. The van der Waals surface area contributed by atoms with Crippen LogP contribution in [0, 0.1) is 0 Å². The van der Waals surface area contributed by atoms with Crippen LogP contribution in [0.15, 0.2) is 66.3 Å². The van der Waals surface area contributed by atoms with Crippen molar-refractivity contribution in [3.63, 3.8) is 0 Å². The molecule has 4 rings (SSSR count). The number of carbonyl (C=O) groups excluding carboxylic acids is 1. The van der Waals surface area contributed by atoms with E-state index in [1.54, 1.807) is 22.2 Å². The number of nitrogens with two attached hydrogens (primary N) is 1. The molecule has 0 unspecified atom stereocenters. The Morgan fingerprint density at radius 3 is 2.83 bits per heavy atom. The highest BCUT2D eigenvalue weighted by molar-refractivity contribution is 7.13. The van der Waals surface area contributed by atoms with E-state index in [2.05, 4.69) is 20.6 Å². The maximum atomic E-state index is 12.4. The number of nitrogens with zero attached hydrogens (tertiary/aromatic N) is 4. The molecule has 7 nitrogen and oxygen atoms in total. The quantitative estimate of drug-likeness (QED) is 0.424. The molecule has 0 saturated carbocycles. The molecule has 0 aliphatic heterocycles. The number of nitrogen functional groups attached to an aromatic ring is 1. The van der Waals surface area contributed by atoms with Gasteiger partial charge in [0.1, 0.15) is 0 Å². The summed E-state index contributed by atoms with van der Waals surface area (Å²) in [5.41, 5.74) is 10.0.